The zero-order valence-corrected chi connectivity index (χ0v) is 15.7. The van der Waals surface area contributed by atoms with Gasteiger partial charge in [0.15, 0.2) is 0 Å². The molecule has 0 N–H and O–H groups in total. The third-order valence-corrected chi connectivity index (χ3v) is 6.13. The number of amides is 1. The second kappa shape index (κ2) is 7.65. The molecule has 0 bridgehead atoms. The van der Waals surface area contributed by atoms with Gasteiger partial charge in [0.25, 0.3) is 5.91 Å². The quantitative estimate of drug-likeness (QED) is 0.680. The van der Waals surface area contributed by atoms with E-state index in [1.165, 1.54) is 23.5 Å². The van der Waals surface area contributed by atoms with E-state index in [0.29, 0.717) is 0 Å². The summed E-state index contributed by atoms with van der Waals surface area (Å²) in [7, 11) is 0. The van der Waals surface area contributed by atoms with Crippen molar-refractivity contribution in [3.63, 3.8) is 0 Å². The van der Waals surface area contributed by atoms with Crippen molar-refractivity contribution >= 4 is 28.6 Å². The molecule has 26 heavy (non-hydrogen) atoms. The van der Waals surface area contributed by atoms with Gasteiger partial charge in [-0.25, -0.2) is 9.37 Å². The van der Waals surface area contributed by atoms with Gasteiger partial charge in [-0.15, -0.1) is 22.7 Å². The van der Waals surface area contributed by atoms with Crippen LogP contribution in [0.15, 0.2) is 47.2 Å². The van der Waals surface area contributed by atoms with Crippen molar-refractivity contribution in [1.82, 2.24) is 14.8 Å². The van der Waals surface area contributed by atoms with E-state index in [2.05, 4.69) is 9.88 Å². The van der Waals surface area contributed by atoms with E-state index in [-0.39, 0.29) is 11.7 Å². The number of thiophene rings is 1. The number of thiazole rings is 1. The van der Waals surface area contributed by atoms with Crippen LogP contribution < -0.4 is 0 Å². The molecule has 0 saturated carbocycles. The zero-order valence-electron chi connectivity index (χ0n) is 14.1. The van der Waals surface area contributed by atoms with Crippen LogP contribution in [0.4, 0.5) is 4.39 Å². The van der Waals surface area contributed by atoms with Crippen LogP contribution in [0.25, 0.3) is 11.3 Å². The molecule has 1 aliphatic rings. The topological polar surface area (TPSA) is 36.4 Å². The molecule has 4 rings (SSSR count). The number of halogens is 1. The first-order chi connectivity index (χ1) is 12.7. The minimum absolute atomic E-state index is 0.132. The lowest BCUT2D eigenvalue weighted by molar-refractivity contribution is 0.0633. The van der Waals surface area contributed by atoms with Gasteiger partial charge in [0, 0.05) is 37.1 Å². The van der Waals surface area contributed by atoms with Gasteiger partial charge in [-0.3, -0.25) is 9.69 Å². The SMILES string of the molecule is O=C(c1cccs1)N1CCN(Cc2nc(-c3ccc(F)cc3)cs2)CC1. The smallest absolute Gasteiger partial charge is 0.264 e. The fraction of sp³-hybridized carbons (Fsp3) is 0.263. The Hall–Kier alpha value is -2.09. The molecule has 0 atom stereocenters. The first-order valence-corrected chi connectivity index (χ1v) is 10.2. The number of aromatic nitrogens is 1. The summed E-state index contributed by atoms with van der Waals surface area (Å²) >= 11 is 3.11. The molecular formula is C19H18FN3OS2. The Kier molecular flexibility index (Phi) is 5.10. The summed E-state index contributed by atoms with van der Waals surface area (Å²) in [6.45, 7) is 3.97. The van der Waals surface area contributed by atoms with E-state index in [9.17, 15) is 9.18 Å². The van der Waals surface area contributed by atoms with Gasteiger partial charge < -0.3 is 4.90 Å². The highest BCUT2D eigenvalue weighted by Crippen LogP contribution is 2.23. The average molecular weight is 388 g/mol. The minimum atomic E-state index is -0.237. The van der Waals surface area contributed by atoms with E-state index in [0.717, 1.165) is 53.9 Å². The predicted octanol–water partition coefficient (Wildman–Crippen LogP) is 3.97. The molecule has 134 valence electrons. The number of hydrogen-bond donors (Lipinski definition) is 0. The summed E-state index contributed by atoms with van der Waals surface area (Å²) in [6.07, 6.45) is 0. The molecular weight excluding hydrogens is 369 g/mol. The van der Waals surface area contributed by atoms with Crippen molar-refractivity contribution in [2.75, 3.05) is 26.2 Å². The van der Waals surface area contributed by atoms with Gasteiger partial charge in [-0.2, -0.15) is 0 Å². The third kappa shape index (κ3) is 3.85. The first kappa shape index (κ1) is 17.3. The molecule has 3 aromatic rings. The molecule has 0 spiro atoms. The Bertz CT molecular complexity index is 869. The second-order valence-electron chi connectivity index (χ2n) is 6.18. The van der Waals surface area contributed by atoms with Crippen molar-refractivity contribution in [3.8, 4) is 11.3 Å². The molecule has 1 aromatic carbocycles. The van der Waals surface area contributed by atoms with Crippen molar-refractivity contribution in [2.24, 2.45) is 0 Å². The zero-order chi connectivity index (χ0) is 17.9. The maximum atomic E-state index is 13.0. The molecule has 4 nitrogen and oxygen atoms in total. The molecule has 2 aromatic heterocycles. The Balaban J connectivity index is 1.33. The van der Waals surface area contributed by atoms with Crippen LogP contribution in [0.3, 0.4) is 0 Å². The Morgan fingerprint density at radius 1 is 1.08 bits per heavy atom. The molecule has 0 radical (unpaired) electrons. The van der Waals surface area contributed by atoms with Crippen molar-refractivity contribution in [1.29, 1.82) is 0 Å². The van der Waals surface area contributed by atoms with Gasteiger partial charge in [0.1, 0.15) is 10.8 Å². The van der Waals surface area contributed by atoms with Gasteiger partial charge in [0.2, 0.25) is 0 Å². The number of piperazine rings is 1. The Morgan fingerprint density at radius 3 is 2.54 bits per heavy atom. The fourth-order valence-corrected chi connectivity index (χ4v) is 4.53. The van der Waals surface area contributed by atoms with Crippen molar-refractivity contribution in [2.45, 2.75) is 6.54 Å². The van der Waals surface area contributed by atoms with Gasteiger partial charge >= 0.3 is 0 Å². The van der Waals surface area contributed by atoms with Crippen LogP contribution in [0, 0.1) is 5.82 Å². The maximum Gasteiger partial charge on any atom is 0.264 e. The number of hydrogen-bond acceptors (Lipinski definition) is 5. The van der Waals surface area contributed by atoms with Crippen LogP contribution >= 0.6 is 22.7 Å². The highest BCUT2D eigenvalue weighted by molar-refractivity contribution is 7.12. The predicted molar refractivity (Wildman–Crippen MR) is 103 cm³/mol. The molecule has 3 heterocycles. The summed E-state index contributed by atoms with van der Waals surface area (Å²) in [5, 5.41) is 4.99. The highest BCUT2D eigenvalue weighted by Gasteiger charge is 2.23. The Morgan fingerprint density at radius 2 is 1.85 bits per heavy atom. The van der Waals surface area contributed by atoms with Gasteiger partial charge in [-0.1, -0.05) is 6.07 Å². The molecule has 1 saturated heterocycles. The summed E-state index contributed by atoms with van der Waals surface area (Å²) < 4.78 is 13.0. The number of benzene rings is 1. The average Bonchev–Trinajstić information content (AvgIpc) is 3.35. The molecule has 1 amide bonds. The van der Waals surface area contributed by atoms with Crippen molar-refractivity contribution < 1.29 is 9.18 Å². The second-order valence-corrected chi connectivity index (χ2v) is 8.07. The fourth-order valence-electron chi connectivity index (χ4n) is 2.99. The normalized spacial score (nSPS) is 15.3. The van der Waals surface area contributed by atoms with Gasteiger partial charge in [0.05, 0.1) is 17.1 Å². The first-order valence-electron chi connectivity index (χ1n) is 8.44. The molecule has 1 fully saturated rings. The molecule has 1 aliphatic heterocycles. The van der Waals surface area contributed by atoms with E-state index >= 15 is 0 Å². The summed E-state index contributed by atoms with van der Waals surface area (Å²) in [6, 6.07) is 10.2. The number of carbonyl (C=O) groups is 1. The number of nitrogens with zero attached hydrogens (tertiary/aromatic N) is 3. The minimum Gasteiger partial charge on any atom is -0.335 e. The third-order valence-electron chi connectivity index (χ3n) is 4.44. The van der Waals surface area contributed by atoms with Crippen LogP contribution in [0.5, 0.6) is 0 Å². The largest absolute Gasteiger partial charge is 0.335 e. The maximum absolute atomic E-state index is 13.0. The summed E-state index contributed by atoms with van der Waals surface area (Å²) in [5.74, 6) is -0.105. The van der Waals surface area contributed by atoms with E-state index < -0.39 is 0 Å². The van der Waals surface area contributed by atoms with E-state index in [4.69, 9.17) is 0 Å². The van der Waals surface area contributed by atoms with Gasteiger partial charge in [-0.05, 0) is 35.7 Å². The number of carbonyl (C=O) groups excluding carboxylic acids is 1. The lowest BCUT2D eigenvalue weighted by Crippen LogP contribution is -2.48. The van der Waals surface area contributed by atoms with E-state index in [1.807, 2.05) is 27.8 Å². The molecule has 0 aliphatic carbocycles. The van der Waals surface area contributed by atoms with E-state index in [1.54, 1.807) is 23.5 Å². The standard InChI is InChI=1S/C19H18FN3OS2/c20-15-5-3-14(4-6-15)16-13-26-18(21-16)12-22-7-9-23(10-8-22)19(24)17-2-1-11-25-17/h1-6,11,13H,7-10,12H2. The molecule has 7 heteroatoms. The van der Waals surface area contributed by atoms with Crippen LogP contribution in [0.1, 0.15) is 14.7 Å². The lowest BCUT2D eigenvalue weighted by atomic mass is 10.2. The highest BCUT2D eigenvalue weighted by atomic mass is 32.1. The Labute approximate surface area is 159 Å². The summed E-state index contributed by atoms with van der Waals surface area (Å²) in [5.41, 5.74) is 1.82. The summed E-state index contributed by atoms with van der Waals surface area (Å²) in [4.78, 5) is 22.1. The monoisotopic (exact) mass is 387 g/mol. The van der Waals surface area contributed by atoms with Crippen LogP contribution in [-0.2, 0) is 6.54 Å². The number of rotatable bonds is 4. The van der Waals surface area contributed by atoms with Crippen molar-refractivity contribution in [3.05, 3.63) is 62.9 Å². The molecule has 0 unspecified atom stereocenters. The van der Waals surface area contributed by atoms with Crippen LogP contribution in [0.2, 0.25) is 0 Å². The lowest BCUT2D eigenvalue weighted by Gasteiger charge is -2.34. The van der Waals surface area contributed by atoms with Crippen LogP contribution in [-0.4, -0.2) is 46.9 Å².